The molecule has 0 aromatic carbocycles. The third-order valence-electron chi connectivity index (χ3n) is 3.31. The summed E-state index contributed by atoms with van der Waals surface area (Å²) in [5.74, 6) is -0.477. The van der Waals surface area contributed by atoms with Gasteiger partial charge in [-0.3, -0.25) is 0 Å². The zero-order valence-electron chi connectivity index (χ0n) is 10.4. The molecule has 98 valence electrons. The van der Waals surface area contributed by atoms with E-state index in [-0.39, 0.29) is 6.04 Å². The van der Waals surface area contributed by atoms with Crippen LogP contribution in [0, 0.1) is 12.9 Å². The van der Waals surface area contributed by atoms with E-state index in [1.165, 1.54) is 18.3 Å². The van der Waals surface area contributed by atoms with Gasteiger partial charge < -0.3 is 5.11 Å². The molecule has 0 bridgehead atoms. The van der Waals surface area contributed by atoms with Crippen molar-refractivity contribution in [2.75, 3.05) is 13.6 Å². The highest BCUT2D eigenvalue weighted by Crippen LogP contribution is 2.32. The number of amides is 1. The van der Waals surface area contributed by atoms with Crippen molar-refractivity contribution < 1.29 is 14.3 Å². The molecule has 2 heterocycles. The van der Waals surface area contributed by atoms with E-state index >= 15 is 0 Å². The number of carboxylic acid groups (broad SMARTS) is 1. The fourth-order valence-electron chi connectivity index (χ4n) is 2.32. The number of aryl methyl sites for hydroxylation is 1. The van der Waals surface area contributed by atoms with Gasteiger partial charge in [-0.1, -0.05) is 0 Å². The summed E-state index contributed by atoms with van der Waals surface area (Å²) < 4.78 is 13.1. The first-order valence-electron chi connectivity index (χ1n) is 5.86. The first-order valence-corrected chi connectivity index (χ1v) is 5.86. The highest BCUT2D eigenvalue weighted by atomic mass is 19.1. The van der Waals surface area contributed by atoms with Crippen molar-refractivity contribution in [3.05, 3.63) is 29.3 Å². The van der Waals surface area contributed by atoms with Crippen LogP contribution in [0.5, 0.6) is 0 Å². The van der Waals surface area contributed by atoms with Gasteiger partial charge in [-0.15, -0.1) is 0 Å². The summed E-state index contributed by atoms with van der Waals surface area (Å²) in [5, 5.41) is 12.0. The first-order chi connectivity index (χ1) is 8.50. The van der Waals surface area contributed by atoms with Gasteiger partial charge in [0, 0.05) is 25.4 Å². The molecule has 1 aliphatic heterocycles. The number of aromatic nitrogens is 1. The molecule has 1 aromatic heterocycles. The molecule has 1 amide bonds. The Morgan fingerprint density at radius 3 is 3.00 bits per heavy atom. The number of hydrazine groups is 1. The number of hydrogen-bond donors (Lipinski definition) is 1. The van der Waals surface area contributed by atoms with Crippen LogP contribution in [0.4, 0.5) is 9.18 Å². The number of nitrogens with zero attached hydrogens (tertiary/aromatic N) is 3. The van der Waals surface area contributed by atoms with Gasteiger partial charge in [0.2, 0.25) is 5.95 Å². The minimum atomic E-state index is -0.992. The second-order valence-corrected chi connectivity index (χ2v) is 4.50. The van der Waals surface area contributed by atoms with Crippen LogP contribution in [0.15, 0.2) is 12.3 Å². The summed E-state index contributed by atoms with van der Waals surface area (Å²) in [6.07, 6.45) is 2.26. The molecule has 18 heavy (non-hydrogen) atoms. The molecule has 1 N–H and O–H groups in total. The van der Waals surface area contributed by atoms with Crippen molar-refractivity contribution in [1.82, 2.24) is 15.0 Å². The molecule has 5 nitrogen and oxygen atoms in total. The van der Waals surface area contributed by atoms with E-state index in [9.17, 15) is 9.18 Å². The molecule has 0 saturated carbocycles. The Bertz CT molecular complexity index is 467. The number of pyridine rings is 1. The largest absolute Gasteiger partial charge is 0.464 e. The van der Waals surface area contributed by atoms with Crippen molar-refractivity contribution in [2.24, 2.45) is 0 Å². The van der Waals surface area contributed by atoms with Crippen LogP contribution in [-0.4, -0.2) is 39.8 Å². The molecule has 0 aliphatic carbocycles. The van der Waals surface area contributed by atoms with Gasteiger partial charge in [0.15, 0.2) is 0 Å². The van der Waals surface area contributed by atoms with Crippen LogP contribution in [0.1, 0.15) is 30.0 Å². The Kier molecular flexibility index (Phi) is 3.47. The van der Waals surface area contributed by atoms with Crippen molar-refractivity contribution in [3.8, 4) is 0 Å². The highest BCUT2D eigenvalue weighted by molar-refractivity contribution is 5.63. The summed E-state index contributed by atoms with van der Waals surface area (Å²) in [6.45, 7) is 2.34. The molecule has 1 atom stereocenters. The van der Waals surface area contributed by atoms with Crippen molar-refractivity contribution in [1.29, 1.82) is 0 Å². The monoisotopic (exact) mass is 253 g/mol. The lowest BCUT2D eigenvalue weighted by Gasteiger charge is -2.31. The second kappa shape index (κ2) is 4.89. The Balaban J connectivity index is 2.25. The molecular weight excluding hydrogens is 237 g/mol. The number of rotatable bonds is 2. The van der Waals surface area contributed by atoms with Gasteiger partial charge in [-0.2, -0.15) is 4.39 Å². The van der Waals surface area contributed by atoms with E-state index in [0.29, 0.717) is 12.1 Å². The molecule has 0 spiro atoms. The molecule has 1 unspecified atom stereocenters. The van der Waals surface area contributed by atoms with E-state index < -0.39 is 12.0 Å². The summed E-state index contributed by atoms with van der Waals surface area (Å²) in [7, 11) is 1.52. The Hall–Kier alpha value is -1.69. The third-order valence-corrected chi connectivity index (χ3v) is 3.31. The van der Waals surface area contributed by atoms with Gasteiger partial charge in [0.1, 0.15) is 0 Å². The summed E-state index contributed by atoms with van der Waals surface area (Å²) in [6, 6.07) is 1.69. The van der Waals surface area contributed by atoms with Gasteiger partial charge in [-0.25, -0.2) is 19.8 Å². The quantitative estimate of drug-likeness (QED) is 0.821. The normalized spacial score (nSPS) is 20.1. The van der Waals surface area contributed by atoms with Gasteiger partial charge in [-0.05, 0) is 31.4 Å². The van der Waals surface area contributed by atoms with E-state index in [4.69, 9.17) is 5.11 Å². The van der Waals surface area contributed by atoms with Gasteiger partial charge >= 0.3 is 6.09 Å². The van der Waals surface area contributed by atoms with E-state index in [1.54, 1.807) is 18.0 Å². The lowest BCUT2D eigenvalue weighted by atomic mass is 10.1. The third kappa shape index (κ3) is 2.28. The summed E-state index contributed by atoms with van der Waals surface area (Å²) >= 11 is 0. The zero-order valence-corrected chi connectivity index (χ0v) is 10.4. The topological polar surface area (TPSA) is 56.7 Å². The van der Waals surface area contributed by atoms with Crippen molar-refractivity contribution in [2.45, 2.75) is 25.8 Å². The Morgan fingerprint density at radius 1 is 1.67 bits per heavy atom. The van der Waals surface area contributed by atoms with E-state index in [2.05, 4.69) is 4.98 Å². The maximum absolute atomic E-state index is 13.1. The molecule has 1 saturated heterocycles. The minimum absolute atomic E-state index is 0.0436. The second-order valence-electron chi connectivity index (χ2n) is 4.50. The Labute approximate surface area is 105 Å². The molecule has 6 heteroatoms. The van der Waals surface area contributed by atoms with Crippen LogP contribution in [0.3, 0.4) is 0 Å². The van der Waals surface area contributed by atoms with Crippen molar-refractivity contribution in [3.63, 3.8) is 0 Å². The van der Waals surface area contributed by atoms with Gasteiger partial charge in [0.25, 0.3) is 0 Å². The smallest absolute Gasteiger partial charge is 0.421 e. The fourth-order valence-corrected chi connectivity index (χ4v) is 2.32. The van der Waals surface area contributed by atoms with Crippen LogP contribution in [0.25, 0.3) is 0 Å². The van der Waals surface area contributed by atoms with Crippen LogP contribution >= 0.6 is 0 Å². The van der Waals surface area contributed by atoms with E-state index in [1.807, 2.05) is 0 Å². The molecule has 1 aromatic rings. The average molecular weight is 253 g/mol. The summed E-state index contributed by atoms with van der Waals surface area (Å²) in [5.41, 5.74) is 1.34. The summed E-state index contributed by atoms with van der Waals surface area (Å²) in [4.78, 5) is 14.7. The molecule has 1 aliphatic rings. The molecule has 1 fully saturated rings. The lowest BCUT2D eigenvalue weighted by molar-refractivity contribution is -0.000273. The molecular formula is C12H16FN3O2. The van der Waals surface area contributed by atoms with Crippen LogP contribution in [0.2, 0.25) is 0 Å². The van der Waals surface area contributed by atoms with Crippen LogP contribution < -0.4 is 0 Å². The highest BCUT2D eigenvalue weighted by Gasteiger charge is 2.31. The molecule has 2 rings (SSSR count). The maximum Gasteiger partial charge on any atom is 0.421 e. The number of carbonyl (C=O) groups is 1. The maximum atomic E-state index is 13.1. The Morgan fingerprint density at radius 2 is 2.39 bits per heavy atom. The standard InChI is InChI=1S/C12H16FN3O2/c1-8-6-9(7-14-11(8)13)10-4-3-5-16(10)15(2)12(17)18/h6-7,10H,3-5H2,1-2H3,(H,17,18). The molecule has 0 radical (unpaired) electrons. The zero-order chi connectivity index (χ0) is 13.3. The number of halogens is 1. The predicted octanol–water partition coefficient (Wildman–Crippen LogP) is 2.19. The predicted molar refractivity (Wildman–Crippen MR) is 63.4 cm³/mol. The lowest BCUT2D eigenvalue weighted by Crippen LogP contribution is -2.42. The van der Waals surface area contributed by atoms with Crippen LogP contribution in [-0.2, 0) is 0 Å². The fraction of sp³-hybridized carbons (Fsp3) is 0.500. The SMILES string of the molecule is Cc1cc(C2CCCN2N(C)C(=O)O)cnc1F. The van der Waals surface area contributed by atoms with Crippen molar-refractivity contribution >= 4 is 6.09 Å². The number of hydrogen-bond acceptors (Lipinski definition) is 3. The first kappa shape index (κ1) is 12.8. The van der Waals surface area contributed by atoms with Gasteiger partial charge in [0.05, 0.1) is 6.04 Å². The minimum Gasteiger partial charge on any atom is -0.464 e. The average Bonchev–Trinajstić information content (AvgIpc) is 2.80. The van der Waals surface area contributed by atoms with E-state index in [0.717, 1.165) is 18.4 Å².